The monoisotopic (exact) mass is 350 g/mol. The molecule has 1 aromatic heterocycles. The van der Waals surface area contributed by atoms with Crippen LogP contribution in [0.1, 0.15) is 26.5 Å². The number of anilines is 2. The largest absolute Gasteiger partial charge is 0.459 e. The molecule has 0 atom stereocenters. The highest BCUT2D eigenvalue weighted by molar-refractivity contribution is 6.06. The smallest absolute Gasteiger partial charge is 0.293 e. The zero-order valence-corrected chi connectivity index (χ0v) is 13.7. The van der Waals surface area contributed by atoms with Gasteiger partial charge in [0.15, 0.2) is 5.76 Å². The van der Waals surface area contributed by atoms with Crippen molar-refractivity contribution in [3.05, 3.63) is 83.6 Å². The molecule has 2 aromatic carbocycles. The summed E-state index contributed by atoms with van der Waals surface area (Å²) in [7, 11) is 0. The van der Waals surface area contributed by atoms with Crippen molar-refractivity contribution in [3.8, 4) is 0 Å². The van der Waals surface area contributed by atoms with Gasteiger partial charge in [-0.05, 0) is 60.5 Å². The Morgan fingerprint density at radius 3 is 2.73 bits per heavy atom. The second kappa shape index (κ2) is 6.48. The topological polar surface area (TPSA) is 62.6 Å². The first kappa shape index (κ1) is 16.1. The van der Waals surface area contributed by atoms with Crippen molar-refractivity contribution >= 4 is 23.2 Å². The number of benzene rings is 2. The highest BCUT2D eigenvalue weighted by Gasteiger charge is 2.27. The van der Waals surface area contributed by atoms with Crippen LogP contribution >= 0.6 is 0 Å². The minimum absolute atomic E-state index is 0.190. The summed E-state index contributed by atoms with van der Waals surface area (Å²) in [6.07, 6.45) is 2.15. The third-order valence-corrected chi connectivity index (χ3v) is 4.30. The molecular formula is C20H15FN2O3. The van der Waals surface area contributed by atoms with E-state index in [4.69, 9.17) is 4.42 Å². The Hall–Kier alpha value is -3.41. The molecule has 0 spiro atoms. The van der Waals surface area contributed by atoms with E-state index in [2.05, 4.69) is 5.32 Å². The molecule has 0 aliphatic carbocycles. The Morgan fingerprint density at radius 2 is 1.96 bits per heavy atom. The normalized spacial score (nSPS) is 12.7. The van der Waals surface area contributed by atoms with Gasteiger partial charge in [0.05, 0.1) is 6.26 Å². The number of rotatable bonds is 3. The number of carbonyl (C=O) groups excluding carboxylic acids is 2. The number of fused-ring (bicyclic) bond motifs is 1. The SMILES string of the molecule is O=C(Nc1ccc2c(c1)CCN2C(=O)c1ccco1)c1cccc(F)c1. The van der Waals surface area contributed by atoms with E-state index < -0.39 is 5.82 Å². The number of furan rings is 1. The van der Waals surface area contributed by atoms with Crippen LogP contribution < -0.4 is 10.2 Å². The van der Waals surface area contributed by atoms with Crippen LogP contribution in [0.3, 0.4) is 0 Å². The molecule has 5 nitrogen and oxygen atoms in total. The van der Waals surface area contributed by atoms with E-state index in [9.17, 15) is 14.0 Å². The number of nitrogens with zero attached hydrogens (tertiary/aromatic N) is 1. The average molecular weight is 350 g/mol. The van der Waals surface area contributed by atoms with Gasteiger partial charge in [0.25, 0.3) is 11.8 Å². The lowest BCUT2D eigenvalue weighted by molar-refractivity contribution is 0.0962. The first-order chi connectivity index (χ1) is 12.6. The van der Waals surface area contributed by atoms with Crippen molar-refractivity contribution < 1.29 is 18.4 Å². The zero-order chi connectivity index (χ0) is 18.1. The Labute approximate surface area is 149 Å². The minimum atomic E-state index is -0.460. The van der Waals surface area contributed by atoms with Gasteiger partial charge in [0.2, 0.25) is 0 Å². The maximum absolute atomic E-state index is 13.3. The van der Waals surface area contributed by atoms with Crippen LogP contribution in [0.25, 0.3) is 0 Å². The van der Waals surface area contributed by atoms with Gasteiger partial charge in [-0.2, -0.15) is 0 Å². The molecule has 0 radical (unpaired) electrons. The predicted molar refractivity (Wildman–Crippen MR) is 94.9 cm³/mol. The number of carbonyl (C=O) groups is 2. The molecule has 1 aliphatic heterocycles. The summed E-state index contributed by atoms with van der Waals surface area (Å²) in [6.45, 7) is 0.552. The first-order valence-electron chi connectivity index (χ1n) is 8.17. The Bertz CT molecular complexity index is 982. The number of hydrogen-bond donors (Lipinski definition) is 1. The van der Waals surface area contributed by atoms with Gasteiger partial charge in [-0.15, -0.1) is 0 Å². The first-order valence-corrected chi connectivity index (χ1v) is 8.17. The molecule has 4 rings (SSSR count). The summed E-state index contributed by atoms with van der Waals surface area (Å²) >= 11 is 0. The minimum Gasteiger partial charge on any atom is -0.459 e. The van der Waals surface area contributed by atoms with Gasteiger partial charge < -0.3 is 14.6 Å². The van der Waals surface area contributed by atoms with Crippen molar-refractivity contribution in [2.75, 3.05) is 16.8 Å². The van der Waals surface area contributed by atoms with E-state index in [1.54, 1.807) is 35.2 Å². The zero-order valence-electron chi connectivity index (χ0n) is 13.7. The fraction of sp³-hybridized carbons (Fsp3) is 0.100. The van der Waals surface area contributed by atoms with E-state index in [0.717, 1.165) is 11.3 Å². The summed E-state index contributed by atoms with van der Waals surface area (Å²) in [5, 5.41) is 2.76. The maximum atomic E-state index is 13.3. The lowest BCUT2D eigenvalue weighted by atomic mass is 10.1. The van der Waals surface area contributed by atoms with Gasteiger partial charge >= 0.3 is 0 Å². The lowest BCUT2D eigenvalue weighted by Crippen LogP contribution is -2.28. The summed E-state index contributed by atoms with van der Waals surface area (Å²) in [5.41, 5.74) is 2.61. The van der Waals surface area contributed by atoms with E-state index in [0.29, 0.717) is 24.4 Å². The molecule has 0 fully saturated rings. The summed E-state index contributed by atoms with van der Waals surface area (Å²) in [6, 6.07) is 14.2. The third kappa shape index (κ3) is 2.97. The number of halogens is 1. The van der Waals surface area contributed by atoms with E-state index in [1.807, 2.05) is 6.07 Å². The van der Waals surface area contributed by atoms with Gasteiger partial charge in [-0.1, -0.05) is 6.07 Å². The van der Waals surface area contributed by atoms with Crippen molar-refractivity contribution in [3.63, 3.8) is 0 Å². The van der Waals surface area contributed by atoms with Crippen molar-refractivity contribution in [1.82, 2.24) is 0 Å². The van der Waals surface area contributed by atoms with Crippen molar-refractivity contribution in [2.45, 2.75) is 6.42 Å². The molecule has 3 aromatic rings. The van der Waals surface area contributed by atoms with Crippen LogP contribution in [0.15, 0.2) is 65.3 Å². The molecule has 0 saturated heterocycles. The van der Waals surface area contributed by atoms with Crippen LogP contribution in [-0.2, 0) is 6.42 Å². The highest BCUT2D eigenvalue weighted by atomic mass is 19.1. The van der Waals surface area contributed by atoms with Crippen LogP contribution in [0.5, 0.6) is 0 Å². The number of nitrogens with one attached hydrogen (secondary N) is 1. The third-order valence-electron chi connectivity index (χ3n) is 4.30. The Kier molecular flexibility index (Phi) is 4.01. The van der Waals surface area contributed by atoms with E-state index in [1.165, 1.54) is 24.5 Å². The Balaban J connectivity index is 1.53. The van der Waals surface area contributed by atoms with Crippen molar-refractivity contribution in [2.24, 2.45) is 0 Å². The second-order valence-electron chi connectivity index (χ2n) is 5.99. The van der Waals surface area contributed by atoms with Crippen LogP contribution in [0.2, 0.25) is 0 Å². The molecule has 2 amide bonds. The summed E-state index contributed by atoms with van der Waals surface area (Å²) < 4.78 is 18.4. The molecule has 130 valence electrons. The number of hydrogen-bond acceptors (Lipinski definition) is 3. The summed E-state index contributed by atoms with van der Waals surface area (Å²) in [4.78, 5) is 26.4. The molecule has 0 saturated carbocycles. The molecule has 26 heavy (non-hydrogen) atoms. The number of amides is 2. The van der Waals surface area contributed by atoms with Crippen LogP contribution in [0.4, 0.5) is 15.8 Å². The van der Waals surface area contributed by atoms with Gasteiger partial charge in [0.1, 0.15) is 5.82 Å². The fourth-order valence-corrected chi connectivity index (χ4v) is 3.06. The van der Waals surface area contributed by atoms with E-state index >= 15 is 0 Å². The fourth-order valence-electron chi connectivity index (χ4n) is 3.06. The van der Waals surface area contributed by atoms with Crippen molar-refractivity contribution in [1.29, 1.82) is 0 Å². The Morgan fingerprint density at radius 1 is 1.08 bits per heavy atom. The van der Waals surface area contributed by atoms with Crippen LogP contribution in [0, 0.1) is 5.82 Å². The average Bonchev–Trinajstić information content (AvgIpc) is 3.31. The van der Waals surface area contributed by atoms with Gasteiger partial charge in [-0.3, -0.25) is 9.59 Å². The lowest BCUT2D eigenvalue weighted by Gasteiger charge is -2.16. The predicted octanol–water partition coefficient (Wildman–Crippen LogP) is 3.87. The molecular weight excluding hydrogens is 335 g/mol. The standard InChI is InChI=1S/C20H15FN2O3/c21-15-4-1-3-14(11-15)19(24)22-16-6-7-17-13(12-16)8-9-23(17)20(25)18-5-2-10-26-18/h1-7,10-12H,8-9H2,(H,22,24). The molecule has 0 unspecified atom stereocenters. The summed E-state index contributed by atoms with van der Waals surface area (Å²) in [5.74, 6) is -0.740. The second-order valence-corrected chi connectivity index (χ2v) is 5.99. The molecule has 6 heteroatoms. The van der Waals surface area contributed by atoms with Gasteiger partial charge in [0, 0.05) is 23.5 Å². The van der Waals surface area contributed by atoms with E-state index in [-0.39, 0.29) is 17.4 Å². The molecule has 2 heterocycles. The molecule has 1 aliphatic rings. The quantitative estimate of drug-likeness (QED) is 0.780. The molecule has 1 N–H and O–H groups in total. The maximum Gasteiger partial charge on any atom is 0.293 e. The van der Waals surface area contributed by atoms with Gasteiger partial charge in [-0.25, -0.2) is 4.39 Å². The van der Waals surface area contributed by atoms with Crippen LogP contribution in [-0.4, -0.2) is 18.4 Å². The molecule has 0 bridgehead atoms. The highest BCUT2D eigenvalue weighted by Crippen LogP contribution is 2.31.